The molecule has 0 bridgehead atoms. The maximum atomic E-state index is 5.85. The first-order valence-corrected chi connectivity index (χ1v) is 6.06. The molecule has 0 aromatic carbocycles. The molecule has 0 spiro atoms. The number of aromatic nitrogens is 2. The first-order valence-electron chi connectivity index (χ1n) is 6.06. The average Bonchev–Trinajstić information content (AvgIpc) is 2.76. The number of pyridine rings is 1. The molecule has 2 N–H and O–H groups in total. The highest BCUT2D eigenvalue weighted by Crippen LogP contribution is 2.21. The van der Waals surface area contributed by atoms with E-state index in [0.29, 0.717) is 13.2 Å². The summed E-state index contributed by atoms with van der Waals surface area (Å²) in [6, 6.07) is 6.20. The number of anilines is 1. The first-order chi connectivity index (χ1) is 8.69. The highest BCUT2D eigenvalue weighted by atomic mass is 16.5. The summed E-state index contributed by atoms with van der Waals surface area (Å²) in [4.78, 5) is 6.75. The molecule has 2 aromatic heterocycles. The zero-order valence-corrected chi connectivity index (χ0v) is 11.1. The van der Waals surface area contributed by atoms with Crippen molar-refractivity contribution in [3.8, 4) is 0 Å². The van der Waals surface area contributed by atoms with Gasteiger partial charge in [0.05, 0.1) is 18.3 Å². The molecule has 2 heterocycles. The lowest BCUT2D eigenvalue weighted by molar-refractivity contribution is 0.183. The molecule has 5 nitrogen and oxygen atoms in total. The lowest BCUT2D eigenvalue weighted by atomic mass is 10.3. The van der Waals surface area contributed by atoms with Crippen molar-refractivity contribution in [2.45, 2.75) is 19.5 Å². The van der Waals surface area contributed by atoms with Crippen molar-refractivity contribution in [1.29, 1.82) is 0 Å². The summed E-state index contributed by atoms with van der Waals surface area (Å²) in [6.07, 6.45) is 1.99. The highest BCUT2D eigenvalue weighted by molar-refractivity contribution is 5.56. The van der Waals surface area contributed by atoms with Crippen molar-refractivity contribution < 1.29 is 4.74 Å². The van der Waals surface area contributed by atoms with E-state index in [2.05, 4.69) is 16.8 Å². The third-order valence-electron chi connectivity index (χ3n) is 3.20. The van der Waals surface area contributed by atoms with Gasteiger partial charge in [0.1, 0.15) is 5.65 Å². The molecule has 0 aliphatic heterocycles. The Kier molecular flexibility index (Phi) is 3.84. The van der Waals surface area contributed by atoms with Gasteiger partial charge in [-0.05, 0) is 19.1 Å². The third-order valence-corrected chi connectivity index (χ3v) is 3.20. The monoisotopic (exact) mass is 248 g/mol. The third kappa shape index (κ3) is 2.19. The number of nitrogens with two attached hydrogens (primary N) is 1. The van der Waals surface area contributed by atoms with Gasteiger partial charge in [-0.25, -0.2) is 4.98 Å². The Balaban J connectivity index is 2.43. The van der Waals surface area contributed by atoms with Gasteiger partial charge in [-0.15, -0.1) is 0 Å². The van der Waals surface area contributed by atoms with E-state index in [0.717, 1.165) is 17.2 Å². The largest absolute Gasteiger partial charge is 0.383 e. The molecule has 0 aliphatic rings. The van der Waals surface area contributed by atoms with Gasteiger partial charge in [-0.1, -0.05) is 6.07 Å². The molecule has 0 saturated heterocycles. The molecule has 1 unspecified atom stereocenters. The minimum Gasteiger partial charge on any atom is -0.383 e. The normalized spacial score (nSPS) is 12.9. The smallest absolute Gasteiger partial charge is 0.152 e. The summed E-state index contributed by atoms with van der Waals surface area (Å²) in [6.45, 7) is 3.23. The number of nitrogens with zero attached hydrogens (tertiary/aromatic N) is 3. The van der Waals surface area contributed by atoms with Crippen molar-refractivity contribution in [2.75, 3.05) is 25.7 Å². The van der Waals surface area contributed by atoms with Crippen LogP contribution in [0.5, 0.6) is 0 Å². The summed E-state index contributed by atoms with van der Waals surface area (Å²) < 4.78 is 7.22. The first kappa shape index (κ1) is 12.9. The van der Waals surface area contributed by atoms with Crippen LogP contribution in [0, 0.1) is 0 Å². The summed E-state index contributed by atoms with van der Waals surface area (Å²) in [5.41, 5.74) is 7.80. The fourth-order valence-corrected chi connectivity index (χ4v) is 2.07. The standard InChI is InChI=1S/C13H20N4O/c1-10(9-18-3)16(2)13-11(8-14)17-7-5-4-6-12(17)15-13/h4-7,10H,8-9,14H2,1-3H3. The van der Waals surface area contributed by atoms with Gasteiger partial charge in [0.2, 0.25) is 0 Å². The van der Waals surface area contributed by atoms with Crippen LogP contribution in [0.25, 0.3) is 5.65 Å². The van der Waals surface area contributed by atoms with Crippen LogP contribution in [-0.2, 0) is 11.3 Å². The predicted molar refractivity (Wildman–Crippen MR) is 72.8 cm³/mol. The number of imidazole rings is 1. The molecule has 0 amide bonds. The van der Waals surface area contributed by atoms with E-state index < -0.39 is 0 Å². The van der Waals surface area contributed by atoms with Crippen LogP contribution in [0.2, 0.25) is 0 Å². The molecular formula is C13H20N4O. The van der Waals surface area contributed by atoms with Crippen molar-refractivity contribution in [1.82, 2.24) is 9.38 Å². The fourth-order valence-electron chi connectivity index (χ4n) is 2.07. The van der Waals surface area contributed by atoms with Gasteiger partial charge in [-0.2, -0.15) is 0 Å². The van der Waals surface area contributed by atoms with Crippen LogP contribution in [0.1, 0.15) is 12.6 Å². The van der Waals surface area contributed by atoms with Gasteiger partial charge in [0.25, 0.3) is 0 Å². The Morgan fingerprint density at radius 3 is 2.94 bits per heavy atom. The fraction of sp³-hybridized carbons (Fsp3) is 0.462. The van der Waals surface area contributed by atoms with E-state index in [-0.39, 0.29) is 6.04 Å². The van der Waals surface area contributed by atoms with Crippen molar-refractivity contribution >= 4 is 11.5 Å². The number of likely N-dealkylation sites (N-methyl/N-ethyl adjacent to an activating group) is 1. The van der Waals surface area contributed by atoms with Crippen LogP contribution in [0.15, 0.2) is 24.4 Å². The molecule has 98 valence electrons. The molecule has 0 radical (unpaired) electrons. The van der Waals surface area contributed by atoms with Gasteiger partial charge in [0.15, 0.2) is 5.82 Å². The SMILES string of the molecule is COCC(C)N(C)c1nc2ccccn2c1CN. The van der Waals surface area contributed by atoms with E-state index >= 15 is 0 Å². The number of hydrogen-bond donors (Lipinski definition) is 1. The van der Waals surface area contributed by atoms with Gasteiger partial charge >= 0.3 is 0 Å². The number of fused-ring (bicyclic) bond motifs is 1. The van der Waals surface area contributed by atoms with Crippen LogP contribution < -0.4 is 10.6 Å². The molecule has 2 rings (SSSR count). The molecule has 0 aliphatic carbocycles. The zero-order valence-electron chi connectivity index (χ0n) is 11.1. The number of rotatable bonds is 5. The maximum absolute atomic E-state index is 5.85. The Hall–Kier alpha value is -1.59. The van der Waals surface area contributed by atoms with Gasteiger partial charge < -0.3 is 19.8 Å². The summed E-state index contributed by atoms with van der Waals surface area (Å²) in [5.74, 6) is 0.924. The van der Waals surface area contributed by atoms with Crippen molar-refractivity contribution in [3.05, 3.63) is 30.1 Å². The molecule has 18 heavy (non-hydrogen) atoms. The van der Waals surface area contributed by atoms with E-state index in [1.165, 1.54) is 0 Å². The minimum absolute atomic E-state index is 0.255. The minimum atomic E-state index is 0.255. The second-order valence-electron chi connectivity index (χ2n) is 4.43. The van der Waals surface area contributed by atoms with Gasteiger partial charge in [-0.3, -0.25) is 0 Å². The van der Waals surface area contributed by atoms with E-state index in [1.54, 1.807) is 7.11 Å². The lowest BCUT2D eigenvalue weighted by Gasteiger charge is -2.25. The molecule has 0 saturated carbocycles. The average molecular weight is 248 g/mol. The van der Waals surface area contributed by atoms with Crippen LogP contribution in [-0.4, -0.2) is 36.2 Å². The number of ether oxygens (including phenoxy) is 1. The quantitative estimate of drug-likeness (QED) is 0.865. The lowest BCUT2D eigenvalue weighted by Crippen LogP contribution is -2.33. The molecule has 1 atom stereocenters. The van der Waals surface area contributed by atoms with Crippen LogP contribution in [0.3, 0.4) is 0 Å². The van der Waals surface area contributed by atoms with Crippen LogP contribution in [0.4, 0.5) is 5.82 Å². The topological polar surface area (TPSA) is 55.8 Å². The summed E-state index contributed by atoms with van der Waals surface area (Å²) in [5, 5.41) is 0. The van der Waals surface area contributed by atoms with E-state index in [9.17, 15) is 0 Å². The second-order valence-corrected chi connectivity index (χ2v) is 4.43. The number of hydrogen-bond acceptors (Lipinski definition) is 4. The van der Waals surface area contributed by atoms with Gasteiger partial charge in [0, 0.05) is 26.9 Å². The van der Waals surface area contributed by atoms with E-state index in [4.69, 9.17) is 10.5 Å². The Bertz CT molecular complexity index is 523. The van der Waals surface area contributed by atoms with Crippen molar-refractivity contribution in [2.24, 2.45) is 5.73 Å². The molecule has 0 fully saturated rings. The van der Waals surface area contributed by atoms with Crippen LogP contribution >= 0.6 is 0 Å². The number of methoxy groups -OCH3 is 1. The summed E-state index contributed by atoms with van der Waals surface area (Å²) >= 11 is 0. The zero-order chi connectivity index (χ0) is 13.1. The van der Waals surface area contributed by atoms with Crippen molar-refractivity contribution in [3.63, 3.8) is 0 Å². The Labute approximate surface area is 107 Å². The molecule has 5 heteroatoms. The highest BCUT2D eigenvalue weighted by Gasteiger charge is 2.18. The summed E-state index contributed by atoms with van der Waals surface area (Å²) in [7, 11) is 3.72. The molecular weight excluding hydrogens is 228 g/mol. The maximum Gasteiger partial charge on any atom is 0.152 e. The Morgan fingerprint density at radius 1 is 1.50 bits per heavy atom. The Morgan fingerprint density at radius 2 is 2.28 bits per heavy atom. The predicted octanol–water partition coefficient (Wildman–Crippen LogP) is 1.26. The second kappa shape index (κ2) is 5.37. The molecule has 2 aromatic rings. The van der Waals surface area contributed by atoms with E-state index in [1.807, 2.05) is 35.8 Å².